The van der Waals surface area contributed by atoms with Crippen LogP contribution in [0.15, 0.2) is 47.4 Å². The number of sulfonamides is 1. The predicted octanol–water partition coefficient (Wildman–Crippen LogP) is 3.54. The quantitative estimate of drug-likeness (QED) is 0.730. The van der Waals surface area contributed by atoms with Crippen LogP contribution in [0.5, 0.6) is 0 Å². The molecule has 1 fully saturated rings. The molecule has 0 aromatic heterocycles. The predicted molar refractivity (Wildman–Crippen MR) is 109 cm³/mol. The van der Waals surface area contributed by atoms with Crippen molar-refractivity contribution in [1.29, 1.82) is 0 Å². The molecule has 3 rings (SSSR count). The summed E-state index contributed by atoms with van der Waals surface area (Å²) in [5.41, 5.74) is 0.714. The highest BCUT2D eigenvalue weighted by Crippen LogP contribution is 2.36. The average molecular weight is 441 g/mol. The Morgan fingerprint density at radius 2 is 1.79 bits per heavy atom. The second-order valence-corrected chi connectivity index (χ2v) is 10.4. The van der Waals surface area contributed by atoms with E-state index in [0.29, 0.717) is 36.4 Å². The zero-order chi connectivity index (χ0) is 21.2. The lowest BCUT2D eigenvalue weighted by atomic mass is 10.1. The molecule has 0 spiro atoms. The Hall–Kier alpha value is -1.97. The van der Waals surface area contributed by atoms with E-state index >= 15 is 0 Å². The number of carbonyl (C=O) groups excluding carboxylic acids is 1. The number of benzene rings is 2. The summed E-state index contributed by atoms with van der Waals surface area (Å²) in [6.45, 7) is 0.888. The van der Waals surface area contributed by atoms with Crippen molar-refractivity contribution >= 4 is 27.7 Å². The van der Waals surface area contributed by atoms with Gasteiger partial charge in [-0.15, -0.1) is 0 Å². The number of nitrogens with zero attached hydrogens (tertiary/aromatic N) is 2. The monoisotopic (exact) mass is 440 g/mol. The van der Waals surface area contributed by atoms with Crippen LogP contribution in [0.1, 0.15) is 27.6 Å². The van der Waals surface area contributed by atoms with Gasteiger partial charge in [-0.3, -0.25) is 4.79 Å². The highest BCUT2D eigenvalue weighted by atomic mass is 32.2. The molecule has 2 aromatic carbocycles. The van der Waals surface area contributed by atoms with Crippen molar-refractivity contribution < 1.29 is 22.0 Å². The summed E-state index contributed by atoms with van der Waals surface area (Å²) >= 11 is 1.50. The smallest absolute Gasteiger partial charge is 0.253 e. The summed E-state index contributed by atoms with van der Waals surface area (Å²) < 4.78 is 53.0. The number of thioether (sulfide) groups is 1. The Morgan fingerprint density at radius 3 is 2.45 bits per heavy atom. The lowest BCUT2D eigenvalue weighted by Gasteiger charge is -2.21. The fourth-order valence-electron chi connectivity index (χ4n) is 3.15. The zero-order valence-electron chi connectivity index (χ0n) is 16.1. The third-order valence-electron chi connectivity index (χ3n) is 4.81. The topological polar surface area (TPSA) is 57.7 Å². The molecule has 0 bridgehead atoms. The van der Waals surface area contributed by atoms with Crippen LogP contribution in [0, 0.1) is 11.6 Å². The summed E-state index contributed by atoms with van der Waals surface area (Å²) in [6, 6.07) is 9.27. The first-order valence-electron chi connectivity index (χ1n) is 9.08. The van der Waals surface area contributed by atoms with Gasteiger partial charge in [0.15, 0.2) is 0 Å². The number of hydrogen-bond acceptors (Lipinski definition) is 4. The minimum atomic E-state index is -3.56. The maximum atomic E-state index is 14.1. The minimum absolute atomic E-state index is 0.118. The Morgan fingerprint density at radius 1 is 1.10 bits per heavy atom. The van der Waals surface area contributed by atoms with Gasteiger partial charge in [0.2, 0.25) is 10.0 Å². The van der Waals surface area contributed by atoms with Crippen molar-refractivity contribution in [3.05, 3.63) is 65.2 Å². The number of halogens is 2. The molecule has 0 aliphatic carbocycles. The van der Waals surface area contributed by atoms with E-state index < -0.39 is 21.7 Å². The second kappa shape index (κ2) is 8.81. The number of hydrogen-bond donors (Lipinski definition) is 0. The number of carbonyl (C=O) groups is 1. The fourth-order valence-corrected chi connectivity index (χ4v) is 5.29. The minimum Gasteiger partial charge on any atom is -0.338 e. The Labute approximate surface area is 173 Å². The van der Waals surface area contributed by atoms with Gasteiger partial charge in [0.05, 0.1) is 4.90 Å². The molecule has 2 aromatic rings. The van der Waals surface area contributed by atoms with Gasteiger partial charge in [0.1, 0.15) is 11.6 Å². The molecule has 156 valence electrons. The second-order valence-electron chi connectivity index (χ2n) is 6.92. The summed E-state index contributed by atoms with van der Waals surface area (Å²) in [6.07, 6.45) is 0.504. The van der Waals surface area contributed by atoms with Crippen LogP contribution in [0.3, 0.4) is 0 Å². The molecule has 1 atom stereocenters. The van der Waals surface area contributed by atoms with Crippen molar-refractivity contribution in [2.45, 2.75) is 16.6 Å². The van der Waals surface area contributed by atoms with Crippen LogP contribution in [-0.4, -0.2) is 56.5 Å². The van der Waals surface area contributed by atoms with E-state index in [0.717, 1.165) is 16.4 Å². The summed E-state index contributed by atoms with van der Waals surface area (Å²) in [7, 11) is -0.665. The van der Waals surface area contributed by atoms with Gasteiger partial charge in [-0.25, -0.2) is 21.5 Å². The van der Waals surface area contributed by atoms with E-state index in [9.17, 15) is 22.0 Å². The van der Waals surface area contributed by atoms with Crippen molar-refractivity contribution in [2.75, 3.05) is 32.9 Å². The first-order chi connectivity index (χ1) is 13.7. The molecule has 0 saturated carbocycles. The van der Waals surface area contributed by atoms with E-state index in [4.69, 9.17) is 0 Å². The molecule has 0 unspecified atom stereocenters. The Balaban J connectivity index is 1.72. The molecule has 9 heteroatoms. The van der Waals surface area contributed by atoms with Crippen molar-refractivity contribution in [1.82, 2.24) is 9.21 Å². The molecular weight excluding hydrogens is 418 g/mol. The van der Waals surface area contributed by atoms with Crippen LogP contribution >= 0.6 is 11.8 Å². The molecule has 1 saturated heterocycles. The first-order valence-corrected chi connectivity index (χ1v) is 11.6. The SMILES string of the molecule is CN(C)S(=O)(=O)c1ccc(C(=O)N2CCS[C@@H](c3cc(F)ccc3F)CC2)cc1. The molecule has 1 amide bonds. The molecular formula is C20H22F2N2O3S2. The van der Waals surface area contributed by atoms with Crippen LogP contribution in [0.25, 0.3) is 0 Å². The first kappa shape index (κ1) is 21.7. The van der Waals surface area contributed by atoms with Crippen LogP contribution < -0.4 is 0 Å². The lowest BCUT2D eigenvalue weighted by Crippen LogP contribution is -2.33. The van der Waals surface area contributed by atoms with Crippen molar-refractivity contribution in [3.8, 4) is 0 Å². The largest absolute Gasteiger partial charge is 0.338 e. The highest BCUT2D eigenvalue weighted by molar-refractivity contribution is 7.99. The zero-order valence-corrected chi connectivity index (χ0v) is 17.8. The van der Waals surface area contributed by atoms with Gasteiger partial charge in [0.25, 0.3) is 5.91 Å². The summed E-state index contributed by atoms with van der Waals surface area (Å²) in [5, 5.41) is -0.226. The van der Waals surface area contributed by atoms with Crippen molar-refractivity contribution in [3.63, 3.8) is 0 Å². The fraction of sp³-hybridized carbons (Fsp3) is 0.350. The molecule has 5 nitrogen and oxygen atoms in total. The van der Waals surface area contributed by atoms with Crippen molar-refractivity contribution in [2.24, 2.45) is 0 Å². The van der Waals surface area contributed by atoms with Gasteiger partial charge in [-0.1, -0.05) is 0 Å². The van der Waals surface area contributed by atoms with E-state index in [2.05, 4.69) is 0 Å². The number of rotatable bonds is 4. The molecule has 0 radical (unpaired) electrons. The van der Waals surface area contributed by atoms with E-state index in [-0.39, 0.29) is 16.1 Å². The number of amides is 1. The normalized spacial score (nSPS) is 18.0. The maximum Gasteiger partial charge on any atom is 0.253 e. The molecule has 1 heterocycles. The van der Waals surface area contributed by atoms with Crippen LogP contribution in [0.2, 0.25) is 0 Å². The summed E-state index contributed by atoms with van der Waals surface area (Å²) in [5.74, 6) is -0.535. The van der Waals surface area contributed by atoms with Gasteiger partial charge >= 0.3 is 0 Å². The van der Waals surface area contributed by atoms with E-state index in [1.807, 2.05) is 0 Å². The highest BCUT2D eigenvalue weighted by Gasteiger charge is 2.25. The third kappa shape index (κ3) is 4.79. The Bertz CT molecular complexity index is 995. The molecule has 0 N–H and O–H groups in total. The Kier molecular flexibility index (Phi) is 6.60. The van der Waals surface area contributed by atoms with Gasteiger partial charge < -0.3 is 4.90 Å². The van der Waals surface area contributed by atoms with E-state index in [1.54, 1.807) is 4.90 Å². The van der Waals surface area contributed by atoms with Gasteiger partial charge in [0, 0.05) is 49.3 Å². The molecule has 29 heavy (non-hydrogen) atoms. The molecule has 1 aliphatic rings. The lowest BCUT2D eigenvalue weighted by molar-refractivity contribution is 0.0766. The molecule has 1 aliphatic heterocycles. The standard InChI is InChI=1S/C20H22F2N2O3S2/c1-23(2)29(26,27)16-6-3-14(4-7-16)20(25)24-10-9-19(28-12-11-24)17-13-15(21)5-8-18(17)22/h3-8,13,19H,9-12H2,1-2H3/t19-/m1/s1. The van der Waals surface area contributed by atoms with Gasteiger partial charge in [-0.2, -0.15) is 11.8 Å². The van der Waals surface area contributed by atoms with Gasteiger partial charge in [-0.05, 0) is 48.9 Å². The summed E-state index contributed by atoms with van der Waals surface area (Å²) in [4.78, 5) is 14.6. The van der Waals surface area contributed by atoms with Crippen LogP contribution in [0.4, 0.5) is 8.78 Å². The van der Waals surface area contributed by atoms with Crippen LogP contribution in [-0.2, 0) is 10.0 Å². The maximum absolute atomic E-state index is 14.1. The average Bonchev–Trinajstić information content (AvgIpc) is 2.95. The van der Waals surface area contributed by atoms with E-state index in [1.165, 1.54) is 56.2 Å². The third-order valence-corrected chi connectivity index (χ3v) is 7.95.